The van der Waals surface area contributed by atoms with Gasteiger partial charge in [-0.15, -0.1) is 0 Å². The smallest absolute Gasteiger partial charge is 0.416 e. The molecular formula is C29H35F3N2O3. The number of nitrogens with one attached hydrogen (secondary N) is 1. The average molecular weight is 517 g/mol. The quantitative estimate of drug-likeness (QED) is 0.292. The summed E-state index contributed by atoms with van der Waals surface area (Å²) in [5.74, 6) is 0.101. The lowest BCUT2D eigenvalue weighted by atomic mass is 10.00. The van der Waals surface area contributed by atoms with Crippen LogP contribution in [0.25, 0.3) is 6.08 Å². The summed E-state index contributed by atoms with van der Waals surface area (Å²) in [6, 6.07) is 13.5. The van der Waals surface area contributed by atoms with E-state index in [2.05, 4.69) is 4.90 Å². The normalized spacial score (nSPS) is 20.3. The Bertz CT molecular complexity index is 1100. The van der Waals surface area contributed by atoms with E-state index in [1.165, 1.54) is 12.1 Å². The summed E-state index contributed by atoms with van der Waals surface area (Å²) in [6.07, 6.45) is 2.52. The van der Waals surface area contributed by atoms with E-state index in [0.29, 0.717) is 25.1 Å². The fourth-order valence-electron chi connectivity index (χ4n) is 5.12. The standard InChI is InChI=1S/C29H35F3N2O3/c1-2-36-27(33)13-12-22-8-3-4-11-26(22)28(14-15-28)37-20-25(35)19-34-16-6-10-24(34)18-21-7-5-9-23(17-21)29(30,31)32/h3-5,7-9,11-13,17,24-25,33,35H,2,6,10,14-16,18-20H2,1H3/b13-12+,33-27?/t24-,25+/m0/s1. The molecule has 1 saturated carbocycles. The van der Waals surface area contributed by atoms with Gasteiger partial charge in [-0.1, -0.05) is 42.5 Å². The highest BCUT2D eigenvalue weighted by molar-refractivity contribution is 5.89. The zero-order chi connectivity index (χ0) is 26.5. The minimum absolute atomic E-state index is 0.0968. The molecule has 1 saturated heterocycles. The molecule has 2 atom stereocenters. The molecule has 8 heteroatoms. The zero-order valence-electron chi connectivity index (χ0n) is 21.1. The molecule has 2 fully saturated rings. The Morgan fingerprint density at radius 1 is 1.22 bits per heavy atom. The number of aliphatic hydroxyl groups is 1. The number of halogens is 3. The second kappa shape index (κ2) is 11.8. The van der Waals surface area contributed by atoms with Crippen LogP contribution in [0.15, 0.2) is 54.6 Å². The Balaban J connectivity index is 1.34. The fraction of sp³-hybridized carbons (Fsp3) is 0.483. The SMILES string of the molecule is CCOC(=N)/C=C/c1ccccc1C1(OC[C@H](O)CN2CCC[C@H]2Cc2cccc(C(F)(F)F)c2)CC1. The number of aliphatic hydroxyl groups excluding tert-OH is 1. The number of benzene rings is 2. The van der Waals surface area contributed by atoms with Crippen molar-refractivity contribution in [2.75, 3.05) is 26.3 Å². The van der Waals surface area contributed by atoms with Gasteiger partial charge in [-0.3, -0.25) is 10.3 Å². The third-order valence-corrected chi connectivity index (χ3v) is 7.09. The Morgan fingerprint density at radius 3 is 2.73 bits per heavy atom. The Labute approximate surface area is 216 Å². The largest absolute Gasteiger partial charge is 0.478 e. The highest BCUT2D eigenvalue weighted by Gasteiger charge is 2.47. The monoisotopic (exact) mass is 516 g/mol. The average Bonchev–Trinajstić information content (AvgIpc) is 3.55. The van der Waals surface area contributed by atoms with Crippen LogP contribution in [-0.2, 0) is 27.7 Å². The van der Waals surface area contributed by atoms with Gasteiger partial charge in [-0.05, 0) is 74.4 Å². The van der Waals surface area contributed by atoms with Gasteiger partial charge in [0.05, 0.1) is 30.5 Å². The molecule has 0 amide bonds. The first-order valence-corrected chi connectivity index (χ1v) is 12.9. The van der Waals surface area contributed by atoms with Crippen molar-refractivity contribution in [1.29, 1.82) is 5.41 Å². The Morgan fingerprint density at radius 2 is 2.00 bits per heavy atom. The molecule has 2 aromatic carbocycles. The number of nitrogens with zero attached hydrogens (tertiary/aromatic N) is 1. The van der Waals surface area contributed by atoms with Crippen molar-refractivity contribution in [2.45, 2.75) is 63.0 Å². The van der Waals surface area contributed by atoms with Crippen LogP contribution in [0.5, 0.6) is 0 Å². The Kier molecular flexibility index (Phi) is 8.72. The number of hydrogen-bond acceptors (Lipinski definition) is 5. The van der Waals surface area contributed by atoms with E-state index in [9.17, 15) is 18.3 Å². The zero-order valence-corrected chi connectivity index (χ0v) is 21.1. The molecule has 4 rings (SSSR count). The minimum Gasteiger partial charge on any atom is -0.478 e. The maximum absolute atomic E-state index is 13.1. The van der Waals surface area contributed by atoms with Crippen molar-refractivity contribution < 1.29 is 27.8 Å². The van der Waals surface area contributed by atoms with Crippen molar-refractivity contribution >= 4 is 12.0 Å². The second-order valence-corrected chi connectivity index (χ2v) is 9.87. The molecule has 0 spiro atoms. The summed E-state index contributed by atoms with van der Waals surface area (Å²) < 4.78 is 50.8. The third kappa shape index (κ3) is 7.21. The number of ether oxygens (including phenoxy) is 2. The molecule has 200 valence electrons. The third-order valence-electron chi connectivity index (χ3n) is 7.09. The molecule has 2 N–H and O–H groups in total. The first kappa shape index (κ1) is 27.4. The van der Waals surface area contributed by atoms with Crippen LogP contribution in [-0.4, -0.2) is 54.4 Å². The van der Waals surface area contributed by atoms with Crippen molar-refractivity contribution in [1.82, 2.24) is 4.90 Å². The summed E-state index contributed by atoms with van der Waals surface area (Å²) in [5.41, 5.74) is 1.59. The van der Waals surface area contributed by atoms with Crippen molar-refractivity contribution in [3.05, 3.63) is 76.9 Å². The molecule has 0 radical (unpaired) electrons. The molecule has 2 aliphatic rings. The lowest BCUT2D eigenvalue weighted by molar-refractivity contribution is -0.137. The van der Waals surface area contributed by atoms with Crippen LogP contribution in [0.3, 0.4) is 0 Å². The molecule has 0 unspecified atom stereocenters. The van der Waals surface area contributed by atoms with E-state index in [0.717, 1.165) is 49.4 Å². The highest BCUT2D eigenvalue weighted by atomic mass is 19.4. The van der Waals surface area contributed by atoms with Crippen LogP contribution in [0, 0.1) is 5.41 Å². The van der Waals surface area contributed by atoms with Crippen LogP contribution in [0.2, 0.25) is 0 Å². The molecule has 0 bridgehead atoms. The minimum atomic E-state index is -4.35. The van der Waals surface area contributed by atoms with Gasteiger partial charge >= 0.3 is 6.18 Å². The highest BCUT2D eigenvalue weighted by Crippen LogP contribution is 2.50. The van der Waals surface area contributed by atoms with Gasteiger partial charge in [-0.25, -0.2) is 0 Å². The summed E-state index contributed by atoms with van der Waals surface area (Å²) in [4.78, 5) is 2.17. The lowest BCUT2D eigenvalue weighted by Gasteiger charge is -2.28. The summed E-state index contributed by atoms with van der Waals surface area (Å²) in [6.45, 7) is 3.69. The molecule has 37 heavy (non-hydrogen) atoms. The second-order valence-electron chi connectivity index (χ2n) is 9.87. The summed E-state index contributed by atoms with van der Waals surface area (Å²) in [7, 11) is 0. The van der Waals surface area contributed by atoms with Gasteiger partial charge in [0.1, 0.15) is 0 Å². The van der Waals surface area contributed by atoms with Crippen molar-refractivity contribution in [2.24, 2.45) is 0 Å². The first-order chi connectivity index (χ1) is 17.7. The van der Waals surface area contributed by atoms with Gasteiger partial charge in [-0.2, -0.15) is 13.2 Å². The number of β-amino-alcohol motifs (C(OH)–C–C–N with tert-alkyl or cyclic N) is 1. The molecule has 0 aromatic heterocycles. The van der Waals surface area contributed by atoms with E-state index >= 15 is 0 Å². The molecule has 1 aliphatic heterocycles. The maximum Gasteiger partial charge on any atom is 0.416 e. The fourth-order valence-corrected chi connectivity index (χ4v) is 5.12. The van der Waals surface area contributed by atoms with Gasteiger partial charge in [0, 0.05) is 18.7 Å². The van der Waals surface area contributed by atoms with E-state index in [1.54, 1.807) is 12.1 Å². The van der Waals surface area contributed by atoms with E-state index in [1.807, 2.05) is 37.3 Å². The van der Waals surface area contributed by atoms with Gasteiger partial charge < -0.3 is 14.6 Å². The Hall–Kier alpha value is -2.68. The molecule has 1 heterocycles. The number of alkyl halides is 3. The van der Waals surface area contributed by atoms with Crippen LogP contribution < -0.4 is 0 Å². The number of hydrogen-bond donors (Lipinski definition) is 2. The van der Waals surface area contributed by atoms with E-state index < -0.39 is 23.4 Å². The van der Waals surface area contributed by atoms with Crippen LogP contribution in [0.1, 0.15) is 54.9 Å². The molecule has 5 nitrogen and oxygen atoms in total. The predicted molar refractivity (Wildman–Crippen MR) is 137 cm³/mol. The van der Waals surface area contributed by atoms with E-state index in [4.69, 9.17) is 14.9 Å². The first-order valence-electron chi connectivity index (χ1n) is 12.9. The van der Waals surface area contributed by atoms with Crippen molar-refractivity contribution in [3.63, 3.8) is 0 Å². The van der Waals surface area contributed by atoms with Gasteiger partial charge in [0.25, 0.3) is 0 Å². The number of rotatable bonds is 11. The maximum atomic E-state index is 13.1. The molecular weight excluding hydrogens is 481 g/mol. The van der Waals surface area contributed by atoms with Crippen LogP contribution >= 0.6 is 0 Å². The van der Waals surface area contributed by atoms with Gasteiger partial charge in [0.15, 0.2) is 0 Å². The topological polar surface area (TPSA) is 65.8 Å². The van der Waals surface area contributed by atoms with Crippen LogP contribution in [0.4, 0.5) is 13.2 Å². The van der Waals surface area contributed by atoms with Crippen molar-refractivity contribution in [3.8, 4) is 0 Å². The lowest BCUT2D eigenvalue weighted by Crippen LogP contribution is -2.39. The summed E-state index contributed by atoms with van der Waals surface area (Å²) in [5, 5.41) is 18.6. The predicted octanol–water partition coefficient (Wildman–Crippen LogP) is 5.81. The molecule has 2 aromatic rings. The number of likely N-dealkylation sites (tertiary alicyclic amines) is 1. The van der Waals surface area contributed by atoms with Gasteiger partial charge in [0.2, 0.25) is 5.90 Å². The van der Waals surface area contributed by atoms with E-state index in [-0.39, 0.29) is 18.5 Å². The molecule has 1 aliphatic carbocycles. The summed E-state index contributed by atoms with van der Waals surface area (Å²) >= 11 is 0.